The highest BCUT2D eigenvalue weighted by atomic mass is 32.2. The number of hydrogen-bond donors (Lipinski definition) is 0. The van der Waals surface area contributed by atoms with Crippen LogP contribution in [-0.2, 0) is 0 Å². The second kappa shape index (κ2) is 3.40. The van der Waals surface area contributed by atoms with Gasteiger partial charge in [0.2, 0.25) is 0 Å². The maximum atomic E-state index is 2.36. The Morgan fingerprint density at radius 3 is 2.60 bits per heavy atom. The van der Waals surface area contributed by atoms with Crippen LogP contribution in [0.4, 0.5) is 0 Å². The topological polar surface area (TPSA) is 0 Å². The molecule has 1 aliphatic heterocycles. The average Bonchev–Trinajstić information content (AvgIpc) is 2.48. The lowest BCUT2D eigenvalue weighted by atomic mass is 10.1. The fourth-order valence-electron chi connectivity index (χ4n) is 1.18. The van der Waals surface area contributed by atoms with Crippen LogP contribution < -0.4 is 0 Å². The van der Waals surface area contributed by atoms with E-state index in [-0.39, 0.29) is 0 Å². The highest BCUT2D eigenvalue weighted by molar-refractivity contribution is 8.07. The van der Waals surface area contributed by atoms with Crippen molar-refractivity contribution in [2.45, 2.75) is 37.2 Å². The molecule has 10 heavy (non-hydrogen) atoms. The van der Waals surface area contributed by atoms with Gasteiger partial charge in [-0.3, -0.25) is 0 Å². The average molecular weight is 176 g/mol. The zero-order chi connectivity index (χ0) is 7.61. The van der Waals surface area contributed by atoms with Crippen molar-refractivity contribution in [3.8, 4) is 0 Å². The summed E-state index contributed by atoms with van der Waals surface area (Å²) in [5.41, 5.74) is 0. The van der Waals surface area contributed by atoms with Gasteiger partial charge in [-0.2, -0.15) is 23.5 Å². The Morgan fingerprint density at radius 2 is 2.20 bits per heavy atom. The van der Waals surface area contributed by atoms with Gasteiger partial charge in [-0.25, -0.2) is 0 Å². The van der Waals surface area contributed by atoms with Gasteiger partial charge in [0.15, 0.2) is 0 Å². The highest BCUT2D eigenvalue weighted by Gasteiger charge is 2.30. The van der Waals surface area contributed by atoms with Crippen LogP contribution in [-0.4, -0.2) is 21.5 Å². The smallest absolute Gasteiger partial charge is 0.0151 e. The molecule has 0 aliphatic carbocycles. The van der Waals surface area contributed by atoms with Crippen LogP contribution in [0.25, 0.3) is 0 Å². The summed E-state index contributed by atoms with van der Waals surface area (Å²) < 4.78 is 0.531. The third-order valence-corrected chi connectivity index (χ3v) is 3.86. The maximum absolute atomic E-state index is 2.36. The van der Waals surface area contributed by atoms with E-state index in [1.54, 1.807) is 0 Å². The molecule has 0 spiro atoms. The molecule has 1 aliphatic rings. The Hall–Kier alpha value is 0.700. The Balaban J connectivity index is 2.19. The molecule has 60 valence electrons. The van der Waals surface area contributed by atoms with Crippen molar-refractivity contribution in [3.63, 3.8) is 0 Å². The first-order chi connectivity index (χ1) is 4.64. The molecule has 0 radical (unpaired) electrons. The lowest BCUT2D eigenvalue weighted by Gasteiger charge is -2.22. The summed E-state index contributed by atoms with van der Waals surface area (Å²) in [4.78, 5) is 0. The Bertz CT molecular complexity index is 106. The molecule has 0 saturated carbocycles. The van der Waals surface area contributed by atoms with Crippen molar-refractivity contribution in [3.05, 3.63) is 0 Å². The first-order valence-electron chi connectivity index (χ1n) is 3.89. The predicted octanol–water partition coefficient (Wildman–Crippen LogP) is 3.02. The summed E-state index contributed by atoms with van der Waals surface area (Å²) >= 11 is 4.20. The second-order valence-electron chi connectivity index (χ2n) is 3.35. The van der Waals surface area contributed by atoms with Crippen molar-refractivity contribution < 1.29 is 0 Å². The zero-order valence-electron chi connectivity index (χ0n) is 7.02. The molecule has 2 heteroatoms. The third kappa shape index (κ3) is 3.20. The minimum absolute atomic E-state index is 0.531. The molecule has 0 bridgehead atoms. The molecule has 1 fully saturated rings. The Morgan fingerprint density at radius 1 is 1.60 bits per heavy atom. The fraction of sp³-hybridized carbons (Fsp3) is 1.00. The Kier molecular flexibility index (Phi) is 2.99. The SMILES string of the molecule is CCSC(C)(C)CC1CS1. The van der Waals surface area contributed by atoms with Crippen LogP contribution in [0, 0.1) is 0 Å². The monoisotopic (exact) mass is 176 g/mol. The summed E-state index contributed by atoms with van der Waals surface area (Å²) in [7, 11) is 0. The molecule has 1 heterocycles. The van der Waals surface area contributed by atoms with E-state index in [1.165, 1.54) is 17.9 Å². The van der Waals surface area contributed by atoms with E-state index in [4.69, 9.17) is 0 Å². The molecule has 0 N–H and O–H groups in total. The predicted molar refractivity (Wildman–Crippen MR) is 53.1 cm³/mol. The van der Waals surface area contributed by atoms with Crippen LogP contribution >= 0.6 is 23.5 Å². The van der Waals surface area contributed by atoms with Gasteiger partial charge in [0.1, 0.15) is 0 Å². The van der Waals surface area contributed by atoms with Gasteiger partial charge < -0.3 is 0 Å². The van der Waals surface area contributed by atoms with Gasteiger partial charge >= 0.3 is 0 Å². The van der Waals surface area contributed by atoms with Gasteiger partial charge in [-0.05, 0) is 12.2 Å². The Labute approximate surface area is 72.5 Å². The van der Waals surface area contributed by atoms with Crippen molar-refractivity contribution in [2.75, 3.05) is 11.5 Å². The summed E-state index contributed by atoms with van der Waals surface area (Å²) in [6.07, 6.45) is 1.40. The van der Waals surface area contributed by atoms with E-state index in [1.807, 2.05) is 0 Å². The number of rotatable bonds is 4. The number of thioether (sulfide) groups is 2. The van der Waals surface area contributed by atoms with Crippen LogP contribution in [0.5, 0.6) is 0 Å². The third-order valence-electron chi connectivity index (χ3n) is 1.66. The molecule has 0 aromatic carbocycles. The minimum Gasteiger partial charge on any atom is -0.157 e. The van der Waals surface area contributed by atoms with Crippen molar-refractivity contribution in [1.29, 1.82) is 0 Å². The van der Waals surface area contributed by atoms with E-state index < -0.39 is 0 Å². The van der Waals surface area contributed by atoms with Crippen LogP contribution in [0.1, 0.15) is 27.2 Å². The van der Waals surface area contributed by atoms with Gasteiger partial charge in [-0.1, -0.05) is 20.8 Å². The molecular weight excluding hydrogens is 160 g/mol. The van der Waals surface area contributed by atoms with E-state index in [0.29, 0.717) is 4.75 Å². The maximum Gasteiger partial charge on any atom is 0.0151 e. The standard InChI is InChI=1S/C8H16S2/c1-4-10-8(2,3)5-7-6-9-7/h7H,4-6H2,1-3H3. The fourth-order valence-corrected chi connectivity index (χ4v) is 3.18. The largest absolute Gasteiger partial charge is 0.157 e. The van der Waals surface area contributed by atoms with Gasteiger partial charge in [-0.15, -0.1) is 0 Å². The molecule has 1 rings (SSSR count). The van der Waals surface area contributed by atoms with Crippen LogP contribution in [0.2, 0.25) is 0 Å². The van der Waals surface area contributed by atoms with Gasteiger partial charge in [0, 0.05) is 15.7 Å². The van der Waals surface area contributed by atoms with E-state index in [0.717, 1.165) is 5.25 Å². The summed E-state index contributed by atoms with van der Waals surface area (Å²) in [6.45, 7) is 6.96. The van der Waals surface area contributed by atoms with Gasteiger partial charge in [0.05, 0.1) is 0 Å². The molecule has 0 nitrogen and oxygen atoms in total. The molecule has 1 unspecified atom stereocenters. The van der Waals surface area contributed by atoms with E-state index in [9.17, 15) is 0 Å². The lowest BCUT2D eigenvalue weighted by molar-refractivity contribution is 0.658. The van der Waals surface area contributed by atoms with Crippen LogP contribution in [0.15, 0.2) is 0 Å². The lowest BCUT2D eigenvalue weighted by Crippen LogP contribution is -2.17. The first kappa shape index (κ1) is 8.79. The summed E-state index contributed by atoms with van der Waals surface area (Å²) in [6, 6.07) is 0. The molecular formula is C8H16S2. The zero-order valence-corrected chi connectivity index (χ0v) is 8.65. The van der Waals surface area contributed by atoms with Crippen molar-refractivity contribution in [1.82, 2.24) is 0 Å². The second-order valence-corrected chi connectivity index (χ2v) is 6.66. The molecule has 1 saturated heterocycles. The minimum atomic E-state index is 0.531. The normalized spacial score (nSPS) is 24.9. The first-order valence-corrected chi connectivity index (χ1v) is 5.93. The quantitative estimate of drug-likeness (QED) is 0.604. The number of hydrogen-bond acceptors (Lipinski definition) is 2. The van der Waals surface area contributed by atoms with Crippen molar-refractivity contribution in [2.24, 2.45) is 0 Å². The summed E-state index contributed by atoms with van der Waals surface area (Å²) in [5, 5.41) is 0.994. The molecule has 0 amide bonds. The van der Waals surface area contributed by atoms with Crippen molar-refractivity contribution >= 4 is 23.5 Å². The van der Waals surface area contributed by atoms with Crippen LogP contribution in [0.3, 0.4) is 0 Å². The van der Waals surface area contributed by atoms with Gasteiger partial charge in [0.25, 0.3) is 0 Å². The van der Waals surface area contributed by atoms with E-state index in [2.05, 4.69) is 44.3 Å². The van der Waals surface area contributed by atoms with E-state index >= 15 is 0 Å². The summed E-state index contributed by atoms with van der Waals surface area (Å²) in [5.74, 6) is 2.66. The molecule has 1 atom stereocenters. The highest BCUT2D eigenvalue weighted by Crippen LogP contribution is 2.41. The molecule has 0 aromatic heterocycles. The molecule has 0 aromatic rings.